The van der Waals surface area contributed by atoms with Crippen LogP contribution in [0.25, 0.3) is 10.8 Å². The van der Waals surface area contributed by atoms with Crippen LogP contribution in [0.2, 0.25) is 0 Å². The van der Waals surface area contributed by atoms with E-state index in [0.717, 1.165) is 10.8 Å². The maximum Gasteiger partial charge on any atom is 0.255 e. The molecule has 0 fully saturated rings. The second kappa shape index (κ2) is 8.64. The molecule has 0 spiro atoms. The lowest BCUT2D eigenvalue weighted by Crippen LogP contribution is -2.29. The van der Waals surface area contributed by atoms with Gasteiger partial charge in [-0.25, -0.2) is 4.39 Å². The Morgan fingerprint density at radius 2 is 1.93 bits per heavy atom. The molecular formula is C22H22FNO3. The lowest BCUT2D eigenvalue weighted by molar-refractivity contribution is 0.0825. The van der Waals surface area contributed by atoms with Crippen LogP contribution in [0.3, 0.4) is 0 Å². The Kier molecular flexibility index (Phi) is 6.04. The molecule has 1 N–H and O–H groups in total. The lowest BCUT2D eigenvalue weighted by atomic mass is 10.0. The molecule has 1 amide bonds. The van der Waals surface area contributed by atoms with E-state index in [1.807, 2.05) is 37.3 Å². The summed E-state index contributed by atoms with van der Waals surface area (Å²) in [6, 6.07) is 17.6. The maximum atomic E-state index is 13.5. The summed E-state index contributed by atoms with van der Waals surface area (Å²) in [5.41, 5.74) is 1.16. The maximum absolute atomic E-state index is 13.5. The van der Waals surface area contributed by atoms with Gasteiger partial charge < -0.3 is 14.8 Å². The number of ether oxygens (including phenoxy) is 2. The zero-order chi connectivity index (χ0) is 19.2. The third-order valence-corrected chi connectivity index (χ3v) is 4.37. The minimum absolute atomic E-state index is 0.216. The van der Waals surface area contributed by atoms with Crippen LogP contribution in [0.5, 0.6) is 5.75 Å². The van der Waals surface area contributed by atoms with Crippen molar-refractivity contribution in [1.29, 1.82) is 0 Å². The van der Waals surface area contributed by atoms with Crippen molar-refractivity contribution in [2.24, 2.45) is 0 Å². The molecule has 4 nitrogen and oxygen atoms in total. The summed E-state index contributed by atoms with van der Waals surface area (Å²) in [5.74, 6) is -0.0595. The van der Waals surface area contributed by atoms with Crippen molar-refractivity contribution in [3.63, 3.8) is 0 Å². The smallest absolute Gasteiger partial charge is 0.255 e. The predicted molar refractivity (Wildman–Crippen MR) is 104 cm³/mol. The number of rotatable bonds is 7. The molecule has 3 rings (SSSR count). The highest BCUT2D eigenvalue weighted by Gasteiger charge is 2.19. The number of hydrogen-bond acceptors (Lipinski definition) is 3. The minimum Gasteiger partial charge on any atom is -0.493 e. The summed E-state index contributed by atoms with van der Waals surface area (Å²) in [4.78, 5) is 13.0. The van der Waals surface area contributed by atoms with Crippen molar-refractivity contribution in [3.05, 3.63) is 77.6 Å². The molecule has 140 valence electrons. The molecule has 3 aromatic rings. The first kappa shape index (κ1) is 18.9. The SMILES string of the molecule is CCOc1ccc2ccccc2c1C(=O)NCC(OC)c1cccc(F)c1. The second-order valence-corrected chi connectivity index (χ2v) is 6.08. The van der Waals surface area contributed by atoms with Crippen LogP contribution in [0.15, 0.2) is 60.7 Å². The molecule has 0 aliphatic carbocycles. The molecule has 1 atom stereocenters. The average Bonchev–Trinajstić information content (AvgIpc) is 2.68. The highest BCUT2D eigenvalue weighted by Crippen LogP contribution is 2.28. The van der Waals surface area contributed by atoms with Gasteiger partial charge >= 0.3 is 0 Å². The number of nitrogens with one attached hydrogen (secondary N) is 1. The number of benzene rings is 3. The quantitative estimate of drug-likeness (QED) is 0.669. The molecule has 3 aromatic carbocycles. The standard InChI is InChI=1S/C22H22FNO3/c1-3-27-19-12-11-15-7-4-5-10-18(15)21(19)22(25)24-14-20(26-2)16-8-6-9-17(23)13-16/h4-13,20H,3,14H2,1-2H3,(H,24,25). The molecule has 0 heterocycles. The molecular weight excluding hydrogens is 345 g/mol. The Balaban J connectivity index is 1.86. The predicted octanol–water partition coefficient (Wildman–Crippen LogP) is 4.50. The van der Waals surface area contributed by atoms with Gasteiger partial charge in [-0.3, -0.25) is 4.79 Å². The van der Waals surface area contributed by atoms with Crippen LogP contribution in [0.4, 0.5) is 4.39 Å². The summed E-state index contributed by atoms with van der Waals surface area (Å²) in [5, 5.41) is 4.67. The van der Waals surface area contributed by atoms with E-state index in [9.17, 15) is 9.18 Å². The van der Waals surface area contributed by atoms with Gasteiger partial charge in [-0.1, -0.05) is 42.5 Å². The van der Waals surface area contributed by atoms with E-state index in [1.54, 1.807) is 18.2 Å². The normalized spacial score (nSPS) is 12.0. The number of halogens is 1. The van der Waals surface area contributed by atoms with Crippen molar-refractivity contribution < 1.29 is 18.7 Å². The van der Waals surface area contributed by atoms with Gasteiger partial charge in [0.1, 0.15) is 11.6 Å². The van der Waals surface area contributed by atoms with Crippen molar-refractivity contribution in [2.75, 3.05) is 20.3 Å². The zero-order valence-electron chi connectivity index (χ0n) is 15.4. The summed E-state index contributed by atoms with van der Waals surface area (Å²) in [6.07, 6.45) is -0.449. The minimum atomic E-state index is -0.449. The van der Waals surface area contributed by atoms with Crippen LogP contribution < -0.4 is 10.1 Å². The van der Waals surface area contributed by atoms with Crippen LogP contribution in [-0.4, -0.2) is 26.2 Å². The summed E-state index contributed by atoms with van der Waals surface area (Å²) in [7, 11) is 1.53. The van der Waals surface area contributed by atoms with Gasteiger partial charge in [0.25, 0.3) is 5.91 Å². The van der Waals surface area contributed by atoms with E-state index in [-0.39, 0.29) is 18.3 Å². The van der Waals surface area contributed by atoms with E-state index in [2.05, 4.69) is 5.32 Å². The fourth-order valence-electron chi connectivity index (χ4n) is 3.08. The molecule has 0 bridgehead atoms. The first-order chi connectivity index (χ1) is 13.1. The first-order valence-corrected chi connectivity index (χ1v) is 8.85. The lowest BCUT2D eigenvalue weighted by Gasteiger charge is -2.18. The number of carbonyl (C=O) groups excluding carboxylic acids is 1. The van der Waals surface area contributed by atoms with Crippen LogP contribution in [0, 0.1) is 5.82 Å². The molecule has 0 saturated carbocycles. The molecule has 0 aromatic heterocycles. The van der Waals surface area contributed by atoms with Crippen molar-refractivity contribution >= 4 is 16.7 Å². The van der Waals surface area contributed by atoms with Crippen LogP contribution in [-0.2, 0) is 4.74 Å². The van der Waals surface area contributed by atoms with Crippen molar-refractivity contribution in [2.45, 2.75) is 13.0 Å². The third kappa shape index (κ3) is 4.26. The number of carbonyl (C=O) groups is 1. The van der Waals surface area contributed by atoms with E-state index in [4.69, 9.17) is 9.47 Å². The van der Waals surface area contributed by atoms with Gasteiger partial charge in [-0.05, 0) is 41.5 Å². The summed E-state index contributed by atoms with van der Waals surface area (Å²) in [6.45, 7) is 2.55. The van der Waals surface area contributed by atoms with E-state index in [1.165, 1.54) is 19.2 Å². The highest BCUT2D eigenvalue weighted by atomic mass is 19.1. The summed E-state index contributed by atoms with van der Waals surface area (Å²) < 4.78 is 24.6. The largest absolute Gasteiger partial charge is 0.493 e. The zero-order valence-corrected chi connectivity index (χ0v) is 15.4. The van der Waals surface area contributed by atoms with E-state index >= 15 is 0 Å². The molecule has 27 heavy (non-hydrogen) atoms. The van der Waals surface area contributed by atoms with Gasteiger partial charge in [0, 0.05) is 13.7 Å². The molecule has 0 aliphatic rings. The number of hydrogen-bond donors (Lipinski definition) is 1. The Morgan fingerprint density at radius 1 is 1.11 bits per heavy atom. The van der Waals surface area contributed by atoms with E-state index in [0.29, 0.717) is 23.5 Å². The fourth-order valence-corrected chi connectivity index (χ4v) is 3.08. The van der Waals surface area contributed by atoms with Gasteiger partial charge in [-0.15, -0.1) is 0 Å². The molecule has 0 saturated heterocycles. The number of methoxy groups -OCH3 is 1. The van der Waals surface area contributed by atoms with Gasteiger partial charge in [-0.2, -0.15) is 0 Å². The first-order valence-electron chi connectivity index (χ1n) is 8.85. The third-order valence-electron chi connectivity index (χ3n) is 4.37. The van der Waals surface area contributed by atoms with Crippen LogP contribution >= 0.6 is 0 Å². The van der Waals surface area contributed by atoms with Crippen LogP contribution in [0.1, 0.15) is 28.9 Å². The molecule has 1 unspecified atom stereocenters. The Hall–Kier alpha value is -2.92. The molecule has 0 radical (unpaired) electrons. The topological polar surface area (TPSA) is 47.6 Å². The van der Waals surface area contributed by atoms with Crippen molar-refractivity contribution in [3.8, 4) is 5.75 Å². The van der Waals surface area contributed by atoms with Gasteiger partial charge in [0.05, 0.1) is 18.3 Å². The average molecular weight is 367 g/mol. The monoisotopic (exact) mass is 367 g/mol. The van der Waals surface area contributed by atoms with Gasteiger partial charge in [0.15, 0.2) is 0 Å². The summed E-state index contributed by atoms with van der Waals surface area (Å²) >= 11 is 0. The molecule has 0 aliphatic heterocycles. The Bertz CT molecular complexity index is 942. The van der Waals surface area contributed by atoms with Crippen molar-refractivity contribution in [1.82, 2.24) is 5.32 Å². The van der Waals surface area contributed by atoms with E-state index < -0.39 is 6.10 Å². The Morgan fingerprint density at radius 3 is 2.67 bits per heavy atom. The number of amides is 1. The number of fused-ring (bicyclic) bond motifs is 1. The Labute approximate surface area is 157 Å². The molecule has 5 heteroatoms. The fraction of sp³-hybridized carbons (Fsp3) is 0.227. The highest BCUT2D eigenvalue weighted by molar-refractivity contribution is 6.09. The van der Waals surface area contributed by atoms with Gasteiger partial charge in [0.2, 0.25) is 0 Å². The second-order valence-electron chi connectivity index (χ2n) is 6.08.